The lowest BCUT2D eigenvalue weighted by Crippen LogP contribution is -2.54. The van der Waals surface area contributed by atoms with Gasteiger partial charge in [0, 0.05) is 51.5 Å². The van der Waals surface area contributed by atoms with Gasteiger partial charge in [0.2, 0.25) is 11.8 Å². The normalized spacial score (nSPS) is 16.8. The summed E-state index contributed by atoms with van der Waals surface area (Å²) < 4.78 is 0. The van der Waals surface area contributed by atoms with Crippen LogP contribution in [0.4, 0.5) is 5.69 Å². The van der Waals surface area contributed by atoms with Gasteiger partial charge >= 0.3 is 0 Å². The number of hydrogen-bond donors (Lipinski definition) is 1. The molecule has 0 spiro atoms. The van der Waals surface area contributed by atoms with Gasteiger partial charge in [-0.3, -0.25) is 24.2 Å². The third-order valence-electron chi connectivity index (χ3n) is 4.75. The van der Waals surface area contributed by atoms with Crippen molar-refractivity contribution in [2.45, 2.75) is 19.9 Å². The number of nitrogens with one attached hydrogen (secondary N) is 1. The zero-order valence-corrected chi connectivity index (χ0v) is 16.0. The maximum atomic E-state index is 12.5. The first kappa shape index (κ1) is 20.1. The van der Waals surface area contributed by atoms with E-state index >= 15 is 0 Å². The first-order chi connectivity index (χ1) is 12.3. The molecule has 1 aliphatic rings. The summed E-state index contributed by atoms with van der Waals surface area (Å²) in [7, 11) is 3.52. The summed E-state index contributed by atoms with van der Waals surface area (Å²) in [6.07, 6.45) is 0. The Balaban J connectivity index is 1.83. The summed E-state index contributed by atoms with van der Waals surface area (Å²) in [5.41, 5.74) is 1.31. The second kappa shape index (κ2) is 8.91. The van der Waals surface area contributed by atoms with Crippen molar-refractivity contribution < 1.29 is 14.4 Å². The molecule has 1 unspecified atom stereocenters. The summed E-state index contributed by atoms with van der Waals surface area (Å²) in [6, 6.07) is 6.65. The molecule has 1 heterocycles. The molecule has 142 valence electrons. The Morgan fingerprint density at radius 1 is 1.08 bits per heavy atom. The molecule has 26 heavy (non-hydrogen) atoms. The molecule has 7 nitrogen and oxygen atoms in total. The zero-order chi connectivity index (χ0) is 19.3. The Kier molecular flexibility index (Phi) is 6.88. The molecule has 0 aliphatic carbocycles. The topological polar surface area (TPSA) is 73.0 Å². The van der Waals surface area contributed by atoms with Crippen molar-refractivity contribution in [3.05, 3.63) is 29.8 Å². The van der Waals surface area contributed by atoms with Gasteiger partial charge in [-0.05, 0) is 38.1 Å². The molecule has 2 rings (SSSR count). The van der Waals surface area contributed by atoms with Crippen LogP contribution in [0.15, 0.2) is 24.3 Å². The quantitative estimate of drug-likeness (QED) is 0.764. The number of ketones is 1. The fourth-order valence-electron chi connectivity index (χ4n) is 2.84. The summed E-state index contributed by atoms with van der Waals surface area (Å²) in [4.78, 5) is 41.4. The summed E-state index contributed by atoms with van der Waals surface area (Å²) in [5.74, 6) is 0.0264. The van der Waals surface area contributed by atoms with Crippen LogP contribution in [0.1, 0.15) is 24.2 Å². The molecular weight excluding hydrogens is 332 g/mol. The van der Waals surface area contributed by atoms with E-state index in [2.05, 4.69) is 15.1 Å². The third kappa shape index (κ3) is 5.37. The third-order valence-corrected chi connectivity index (χ3v) is 4.75. The van der Waals surface area contributed by atoms with Crippen molar-refractivity contribution in [1.29, 1.82) is 0 Å². The van der Waals surface area contributed by atoms with E-state index in [1.54, 1.807) is 43.3 Å². The van der Waals surface area contributed by atoms with Crippen molar-refractivity contribution in [3.63, 3.8) is 0 Å². The zero-order valence-electron chi connectivity index (χ0n) is 16.0. The van der Waals surface area contributed by atoms with Crippen LogP contribution in [-0.2, 0) is 9.59 Å². The molecule has 1 N–H and O–H groups in total. The van der Waals surface area contributed by atoms with Crippen molar-refractivity contribution in [1.82, 2.24) is 14.7 Å². The predicted octanol–water partition coefficient (Wildman–Crippen LogP) is 0.922. The van der Waals surface area contributed by atoms with Gasteiger partial charge in [0.1, 0.15) is 0 Å². The Bertz CT molecular complexity index is 649. The lowest BCUT2D eigenvalue weighted by molar-refractivity contribution is -0.131. The van der Waals surface area contributed by atoms with Crippen molar-refractivity contribution in [3.8, 4) is 0 Å². The number of anilines is 1. The number of nitrogens with zero attached hydrogens (tertiary/aromatic N) is 3. The molecule has 1 atom stereocenters. The average Bonchev–Trinajstić information content (AvgIpc) is 2.62. The predicted molar refractivity (Wildman–Crippen MR) is 101 cm³/mol. The van der Waals surface area contributed by atoms with E-state index in [1.807, 2.05) is 6.92 Å². The van der Waals surface area contributed by atoms with E-state index in [1.165, 1.54) is 6.92 Å². The fourth-order valence-corrected chi connectivity index (χ4v) is 2.84. The second-order valence-electron chi connectivity index (χ2n) is 6.90. The smallest absolute Gasteiger partial charge is 0.241 e. The molecule has 1 fully saturated rings. The van der Waals surface area contributed by atoms with Gasteiger partial charge in [0.05, 0.1) is 12.6 Å². The highest BCUT2D eigenvalue weighted by Gasteiger charge is 2.26. The average molecular weight is 360 g/mol. The molecule has 0 saturated carbocycles. The number of Topliss-reactive ketones (excluding diaryl/α,β-unsaturated/α-hetero) is 1. The Labute approximate surface area is 154 Å². The fraction of sp³-hybridized carbons (Fsp3) is 0.526. The van der Waals surface area contributed by atoms with Crippen LogP contribution in [0.5, 0.6) is 0 Å². The Morgan fingerprint density at radius 2 is 1.65 bits per heavy atom. The number of piperazine rings is 1. The van der Waals surface area contributed by atoms with E-state index in [0.717, 1.165) is 26.2 Å². The van der Waals surface area contributed by atoms with E-state index in [-0.39, 0.29) is 23.6 Å². The van der Waals surface area contributed by atoms with Crippen LogP contribution in [-0.4, -0.2) is 85.2 Å². The standard InChI is InChI=1S/C19H28N4O3/c1-14(19(26)20-17-7-5-16(6-8-17)15(2)24)23-11-9-22(10-12-23)13-18(25)21(3)4/h5-8,14H,9-13H2,1-4H3,(H,20,26). The number of carbonyl (C=O) groups is 3. The molecule has 0 aromatic heterocycles. The largest absolute Gasteiger partial charge is 0.348 e. The van der Waals surface area contributed by atoms with Gasteiger partial charge in [-0.1, -0.05) is 0 Å². The summed E-state index contributed by atoms with van der Waals surface area (Å²) >= 11 is 0. The van der Waals surface area contributed by atoms with Crippen LogP contribution in [0.25, 0.3) is 0 Å². The van der Waals surface area contributed by atoms with E-state index in [0.29, 0.717) is 17.8 Å². The van der Waals surface area contributed by atoms with E-state index in [9.17, 15) is 14.4 Å². The van der Waals surface area contributed by atoms with Gasteiger partial charge in [-0.15, -0.1) is 0 Å². The minimum atomic E-state index is -0.255. The van der Waals surface area contributed by atoms with Gasteiger partial charge < -0.3 is 10.2 Å². The molecule has 1 aliphatic heterocycles. The number of hydrogen-bond acceptors (Lipinski definition) is 5. The highest BCUT2D eigenvalue weighted by molar-refractivity contribution is 5.97. The van der Waals surface area contributed by atoms with Crippen LogP contribution in [0.3, 0.4) is 0 Å². The maximum absolute atomic E-state index is 12.5. The molecule has 1 aromatic rings. The van der Waals surface area contributed by atoms with Gasteiger partial charge in [0.15, 0.2) is 5.78 Å². The minimum Gasteiger partial charge on any atom is -0.348 e. The summed E-state index contributed by atoms with van der Waals surface area (Å²) in [6.45, 7) is 6.86. The van der Waals surface area contributed by atoms with E-state index in [4.69, 9.17) is 0 Å². The highest BCUT2D eigenvalue weighted by atomic mass is 16.2. The molecule has 7 heteroatoms. The Hall–Kier alpha value is -2.25. The minimum absolute atomic E-state index is 0.00173. The number of likely N-dealkylation sites (N-methyl/N-ethyl adjacent to an activating group) is 1. The number of rotatable bonds is 6. The van der Waals surface area contributed by atoms with Crippen molar-refractivity contribution >= 4 is 23.3 Å². The number of amides is 2. The highest BCUT2D eigenvalue weighted by Crippen LogP contribution is 2.13. The molecular formula is C19H28N4O3. The SMILES string of the molecule is CC(=O)c1ccc(NC(=O)C(C)N2CCN(CC(=O)N(C)C)CC2)cc1. The molecule has 0 bridgehead atoms. The maximum Gasteiger partial charge on any atom is 0.241 e. The molecule has 2 amide bonds. The molecule has 0 radical (unpaired) electrons. The van der Waals surface area contributed by atoms with Gasteiger partial charge in [-0.2, -0.15) is 0 Å². The second-order valence-corrected chi connectivity index (χ2v) is 6.90. The Morgan fingerprint density at radius 3 is 2.15 bits per heavy atom. The van der Waals surface area contributed by atoms with Crippen LogP contribution in [0, 0.1) is 0 Å². The number of carbonyl (C=O) groups excluding carboxylic acids is 3. The van der Waals surface area contributed by atoms with Crippen molar-refractivity contribution in [2.24, 2.45) is 0 Å². The lowest BCUT2D eigenvalue weighted by atomic mass is 10.1. The first-order valence-electron chi connectivity index (χ1n) is 8.86. The summed E-state index contributed by atoms with van der Waals surface area (Å²) in [5, 5.41) is 2.90. The van der Waals surface area contributed by atoms with Crippen LogP contribution < -0.4 is 5.32 Å². The first-order valence-corrected chi connectivity index (χ1v) is 8.86. The van der Waals surface area contributed by atoms with Crippen LogP contribution >= 0.6 is 0 Å². The monoisotopic (exact) mass is 360 g/mol. The van der Waals surface area contributed by atoms with Gasteiger partial charge in [-0.25, -0.2) is 0 Å². The lowest BCUT2D eigenvalue weighted by Gasteiger charge is -2.37. The van der Waals surface area contributed by atoms with Crippen molar-refractivity contribution in [2.75, 3.05) is 52.1 Å². The number of benzene rings is 1. The van der Waals surface area contributed by atoms with Gasteiger partial charge in [0.25, 0.3) is 0 Å². The molecule has 1 saturated heterocycles. The van der Waals surface area contributed by atoms with Crippen LogP contribution in [0.2, 0.25) is 0 Å². The molecule has 1 aromatic carbocycles. The van der Waals surface area contributed by atoms with E-state index < -0.39 is 0 Å².